The maximum atomic E-state index is 6.00. The summed E-state index contributed by atoms with van der Waals surface area (Å²) in [5.74, 6) is 0.936. The summed E-state index contributed by atoms with van der Waals surface area (Å²) in [6.45, 7) is 0. The number of benzene rings is 2. The molecule has 1 aliphatic carbocycles. The van der Waals surface area contributed by atoms with E-state index in [9.17, 15) is 0 Å². The number of hydrogen-bond acceptors (Lipinski definition) is 6. The number of hydrogen-bond donors (Lipinski definition) is 2. The summed E-state index contributed by atoms with van der Waals surface area (Å²) in [4.78, 5) is 17.9. The molecule has 0 unspecified atom stereocenters. The summed E-state index contributed by atoms with van der Waals surface area (Å²) >= 11 is 5.95. The number of rotatable bonds is 4. The SMILES string of the molecule is Clc1ccc2cncc(-c3ccccc3)c2n1.NC1CCC(Nc2ccc3cncc(-c4ccccc4)c3n2)CC1. The zero-order chi connectivity index (χ0) is 28.0. The van der Waals surface area contributed by atoms with Crippen molar-refractivity contribution in [3.05, 3.63) is 115 Å². The molecule has 6 nitrogen and oxygen atoms in total. The van der Waals surface area contributed by atoms with Crippen molar-refractivity contribution >= 4 is 39.2 Å². The smallest absolute Gasteiger partial charge is 0.129 e. The molecule has 3 N–H and O–H groups in total. The predicted molar refractivity (Wildman–Crippen MR) is 169 cm³/mol. The standard InChI is InChI=1S/C20H22N4.C14H9ClN2/c21-16-7-9-17(10-8-16)23-19-11-6-15-12-22-13-18(20(15)24-19)14-4-2-1-3-5-14;15-13-7-6-11-8-16-9-12(14(11)17-13)10-4-2-1-3-5-10/h1-6,11-13,16-17H,7-10,21H2,(H,23,24);1-9H. The summed E-state index contributed by atoms with van der Waals surface area (Å²) in [5, 5.41) is 6.14. The highest BCUT2D eigenvalue weighted by Gasteiger charge is 2.19. The lowest BCUT2D eigenvalue weighted by atomic mass is 9.92. The Morgan fingerprint density at radius 1 is 0.610 bits per heavy atom. The molecule has 1 fully saturated rings. The molecule has 6 aromatic rings. The zero-order valence-corrected chi connectivity index (χ0v) is 23.4. The summed E-state index contributed by atoms with van der Waals surface area (Å²) in [7, 11) is 0. The minimum absolute atomic E-state index is 0.364. The van der Waals surface area contributed by atoms with Crippen LogP contribution in [0.15, 0.2) is 110 Å². The lowest BCUT2D eigenvalue weighted by molar-refractivity contribution is 0.410. The molecule has 2 aromatic carbocycles. The Morgan fingerprint density at radius 2 is 1.15 bits per heavy atom. The number of halogens is 1. The number of nitrogens with two attached hydrogens (primary N) is 1. The van der Waals surface area contributed by atoms with E-state index in [1.54, 1.807) is 12.3 Å². The molecule has 0 spiro atoms. The van der Waals surface area contributed by atoms with Crippen molar-refractivity contribution in [1.29, 1.82) is 0 Å². The molecular weight excluding hydrogens is 528 g/mol. The van der Waals surface area contributed by atoms with Gasteiger partial charge in [-0.25, -0.2) is 9.97 Å². The van der Waals surface area contributed by atoms with Crippen molar-refractivity contribution in [2.75, 3.05) is 5.32 Å². The zero-order valence-electron chi connectivity index (χ0n) is 22.6. The topological polar surface area (TPSA) is 89.6 Å². The van der Waals surface area contributed by atoms with Crippen molar-refractivity contribution in [2.45, 2.75) is 37.8 Å². The fraction of sp³-hybridized carbons (Fsp3) is 0.176. The second-order valence-electron chi connectivity index (χ2n) is 10.3. The van der Waals surface area contributed by atoms with Gasteiger partial charge in [0, 0.05) is 58.8 Å². The van der Waals surface area contributed by atoms with Crippen molar-refractivity contribution in [3.8, 4) is 22.3 Å². The van der Waals surface area contributed by atoms with Gasteiger partial charge in [0.2, 0.25) is 0 Å². The van der Waals surface area contributed by atoms with Gasteiger partial charge in [-0.1, -0.05) is 72.3 Å². The number of aromatic nitrogens is 4. The van der Waals surface area contributed by atoms with E-state index in [0.29, 0.717) is 17.2 Å². The quantitative estimate of drug-likeness (QED) is 0.213. The highest BCUT2D eigenvalue weighted by Crippen LogP contribution is 2.29. The Hall–Kier alpha value is -4.39. The summed E-state index contributed by atoms with van der Waals surface area (Å²) < 4.78 is 0. The number of fused-ring (bicyclic) bond motifs is 2. The van der Waals surface area contributed by atoms with Crippen LogP contribution in [0, 0.1) is 0 Å². The van der Waals surface area contributed by atoms with Crippen LogP contribution in [0.4, 0.5) is 5.82 Å². The van der Waals surface area contributed by atoms with Crippen LogP contribution >= 0.6 is 11.6 Å². The van der Waals surface area contributed by atoms with E-state index in [0.717, 1.165) is 75.6 Å². The second-order valence-corrected chi connectivity index (χ2v) is 10.7. The van der Waals surface area contributed by atoms with Gasteiger partial charge < -0.3 is 11.1 Å². The summed E-state index contributed by atoms with van der Waals surface area (Å²) in [5.41, 5.74) is 12.2. The molecule has 0 aliphatic heterocycles. The molecule has 41 heavy (non-hydrogen) atoms. The fourth-order valence-electron chi connectivity index (χ4n) is 5.27. The van der Waals surface area contributed by atoms with E-state index in [1.807, 2.05) is 79.3 Å². The first-order chi connectivity index (χ1) is 20.1. The Bertz CT molecular complexity index is 1750. The molecule has 4 aromatic heterocycles. The molecular formula is C34H31ClN6. The molecule has 1 saturated carbocycles. The largest absolute Gasteiger partial charge is 0.367 e. The van der Waals surface area contributed by atoms with Gasteiger partial charge in [-0.3, -0.25) is 9.97 Å². The molecule has 0 radical (unpaired) electrons. The van der Waals surface area contributed by atoms with Gasteiger partial charge in [-0.05, 0) is 61.1 Å². The van der Waals surface area contributed by atoms with Crippen molar-refractivity contribution < 1.29 is 0 Å². The minimum Gasteiger partial charge on any atom is -0.367 e. The Balaban J connectivity index is 0.000000156. The molecule has 204 valence electrons. The molecule has 4 heterocycles. The van der Waals surface area contributed by atoms with Crippen LogP contribution in [0.2, 0.25) is 5.15 Å². The lowest BCUT2D eigenvalue weighted by Gasteiger charge is -2.27. The maximum Gasteiger partial charge on any atom is 0.129 e. The average molecular weight is 559 g/mol. The van der Waals surface area contributed by atoms with Crippen LogP contribution < -0.4 is 11.1 Å². The van der Waals surface area contributed by atoms with Gasteiger partial charge in [0.25, 0.3) is 0 Å². The fourth-order valence-corrected chi connectivity index (χ4v) is 5.42. The normalized spacial score (nSPS) is 16.6. The summed E-state index contributed by atoms with van der Waals surface area (Å²) in [6, 6.07) is 29.1. The average Bonchev–Trinajstić information content (AvgIpc) is 3.03. The van der Waals surface area contributed by atoms with Crippen LogP contribution in [0.25, 0.3) is 44.1 Å². The number of nitrogens with zero attached hydrogens (tertiary/aromatic N) is 4. The first-order valence-corrected chi connectivity index (χ1v) is 14.3. The van der Waals surface area contributed by atoms with Crippen molar-refractivity contribution in [3.63, 3.8) is 0 Å². The first kappa shape index (κ1) is 26.8. The third-order valence-electron chi connectivity index (χ3n) is 7.46. The van der Waals surface area contributed by atoms with Gasteiger partial charge in [0.15, 0.2) is 0 Å². The number of nitrogens with one attached hydrogen (secondary N) is 1. The van der Waals surface area contributed by atoms with E-state index < -0.39 is 0 Å². The molecule has 0 atom stereocenters. The van der Waals surface area contributed by atoms with Gasteiger partial charge in [0.1, 0.15) is 11.0 Å². The molecule has 0 saturated heterocycles. The Morgan fingerprint density at radius 3 is 1.73 bits per heavy atom. The molecule has 7 rings (SSSR count). The number of anilines is 1. The van der Waals surface area contributed by atoms with Crippen LogP contribution in [-0.2, 0) is 0 Å². The Kier molecular flexibility index (Phi) is 8.12. The van der Waals surface area contributed by atoms with Crippen LogP contribution in [-0.4, -0.2) is 32.0 Å². The van der Waals surface area contributed by atoms with Gasteiger partial charge in [-0.15, -0.1) is 0 Å². The molecule has 7 heteroatoms. The van der Waals surface area contributed by atoms with Crippen LogP contribution in [0.1, 0.15) is 25.7 Å². The molecule has 0 bridgehead atoms. The third kappa shape index (κ3) is 6.35. The Labute approximate surface area is 244 Å². The first-order valence-electron chi connectivity index (χ1n) is 13.9. The summed E-state index contributed by atoms with van der Waals surface area (Å²) in [6.07, 6.45) is 11.8. The highest BCUT2D eigenvalue weighted by atomic mass is 35.5. The van der Waals surface area contributed by atoms with E-state index >= 15 is 0 Å². The van der Waals surface area contributed by atoms with Gasteiger partial charge in [0.05, 0.1) is 11.0 Å². The maximum absolute atomic E-state index is 6.00. The minimum atomic E-state index is 0.364. The van der Waals surface area contributed by atoms with E-state index in [-0.39, 0.29) is 0 Å². The second kappa shape index (κ2) is 12.4. The van der Waals surface area contributed by atoms with E-state index in [2.05, 4.69) is 38.5 Å². The van der Waals surface area contributed by atoms with E-state index in [4.69, 9.17) is 22.3 Å². The predicted octanol–water partition coefficient (Wildman–Crippen LogP) is 7.93. The number of pyridine rings is 4. The van der Waals surface area contributed by atoms with E-state index in [1.165, 1.54) is 0 Å². The lowest BCUT2D eigenvalue weighted by Crippen LogP contribution is -2.33. The van der Waals surface area contributed by atoms with Crippen molar-refractivity contribution in [2.24, 2.45) is 5.73 Å². The van der Waals surface area contributed by atoms with Crippen LogP contribution in [0.5, 0.6) is 0 Å². The van der Waals surface area contributed by atoms with Crippen LogP contribution in [0.3, 0.4) is 0 Å². The highest BCUT2D eigenvalue weighted by molar-refractivity contribution is 6.29. The van der Waals surface area contributed by atoms with Gasteiger partial charge >= 0.3 is 0 Å². The monoisotopic (exact) mass is 558 g/mol. The molecule has 0 amide bonds. The third-order valence-corrected chi connectivity index (χ3v) is 7.67. The van der Waals surface area contributed by atoms with Gasteiger partial charge in [-0.2, -0.15) is 0 Å². The van der Waals surface area contributed by atoms with Crippen molar-refractivity contribution in [1.82, 2.24) is 19.9 Å². The molecule has 1 aliphatic rings.